The van der Waals surface area contributed by atoms with Crippen LogP contribution in [-0.2, 0) is 38.1 Å². The van der Waals surface area contributed by atoms with Gasteiger partial charge in [-0.05, 0) is 53.4 Å². The molecule has 0 radical (unpaired) electrons. The first kappa shape index (κ1) is 129. The average molecular weight is 1780 g/mol. The number of ether oxygens (including phenoxy) is 4. The number of hydrogen-bond donors (Lipinski definition) is 0. The predicted molar refractivity (Wildman–Crippen MR) is 560 cm³/mol. The standard InChI is InChI=1S/C31H60O2.C30H58O2.C29H56O2.C28H54O2/c1-4-5-6-7-8-9-10-11-12-13-14-15-16-17-18-19-20-21-22-23-24-25-26-27-28-29-33-31(32)30(2)3;1-4-5-6-7-8-9-10-11-12-13-14-15-16-17-18-19-20-21-22-23-24-25-26-27-28-32-30(31)29(2)3;1-4-5-6-7-8-9-10-11-12-13-14-15-16-17-18-19-20-21-22-23-24-25-26-27-31-29(30)28(2)3;1-4-5-6-7-8-9-10-11-12-13-14-15-16-17-18-19-20-21-22-23-24-25-26-30-28(29)27(2)3/h2,4-29H2,1,3H3;2,4-28H2,1,3H3;2,4-27H2,1,3H3;2,4-26H2,1,3H3. The van der Waals surface area contributed by atoms with Gasteiger partial charge in [0.15, 0.2) is 0 Å². The van der Waals surface area contributed by atoms with Gasteiger partial charge < -0.3 is 18.9 Å². The van der Waals surface area contributed by atoms with Crippen LogP contribution >= 0.6 is 0 Å². The van der Waals surface area contributed by atoms with Crippen LogP contribution in [0.4, 0.5) is 0 Å². The molecule has 0 aromatic rings. The van der Waals surface area contributed by atoms with Crippen molar-refractivity contribution < 1.29 is 38.1 Å². The maximum atomic E-state index is 11.3. The lowest BCUT2D eigenvalue weighted by molar-refractivity contribution is -0.139. The number of esters is 4. The Morgan fingerprint density at radius 2 is 0.190 bits per heavy atom. The van der Waals surface area contributed by atoms with Crippen molar-refractivity contribution in [1.82, 2.24) is 0 Å². The minimum absolute atomic E-state index is 0.251. The molecule has 0 fully saturated rings. The van der Waals surface area contributed by atoms with E-state index in [0.29, 0.717) is 48.7 Å². The van der Waals surface area contributed by atoms with Gasteiger partial charge in [0.2, 0.25) is 0 Å². The van der Waals surface area contributed by atoms with Gasteiger partial charge in [0, 0.05) is 22.3 Å². The monoisotopic (exact) mass is 1770 g/mol. The van der Waals surface area contributed by atoms with E-state index < -0.39 is 0 Å². The number of unbranched alkanes of at least 4 members (excludes halogenated alkanes) is 90. The van der Waals surface area contributed by atoms with Crippen LogP contribution in [0.3, 0.4) is 0 Å². The highest BCUT2D eigenvalue weighted by Crippen LogP contribution is 2.23. The maximum Gasteiger partial charge on any atom is 0.333 e. The molecule has 0 unspecified atom stereocenters. The fourth-order valence-corrected chi connectivity index (χ4v) is 17.1. The summed E-state index contributed by atoms with van der Waals surface area (Å²) in [6.45, 7) is 32.5. The minimum Gasteiger partial charge on any atom is -0.462 e. The topological polar surface area (TPSA) is 105 Å². The predicted octanol–water partition coefficient (Wildman–Crippen LogP) is 41.2. The van der Waals surface area contributed by atoms with Crippen molar-refractivity contribution in [2.45, 2.75) is 659 Å². The van der Waals surface area contributed by atoms with Crippen molar-refractivity contribution in [3.63, 3.8) is 0 Å². The van der Waals surface area contributed by atoms with Crippen LogP contribution in [0, 0.1) is 0 Å². The Bertz CT molecular complexity index is 2180. The van der Waals surface area contributed by atoms with E-state index >= 15 is 0 Å². The molecule has 0 aliphatic rings. The Balaban J connectivity index is -0.000000788. The highest BCUT2D eigenvalue weighted by atomic mass is 16.5. The van der Waals surface area contributed by atoms with Crippen LogP contribution in [-0.4, -0.2) is 50.3 Å². The summed E-state index contributed by atoms with van der Waals surface area (Å²) in [7, 11) is 0. The number of rotatable bonds is 102. The first-order valence-corrected chi connectivity index (χ1v) is 57.0. The van der Waals surface area contributed by atoms with Crippen molar-refractivity contribution in [2.75, 3.05) is 26.4 Å². The SMILES string of the molecule is C=C(C)C(=O)OCCCCCCCCCCCCCCCCCCCCCCCC.C=C(C)C(=O)OCCCCCCCCCCCCCCCCCCCCCCCCC.C=C(C)C(=O)OCCCCCCCCCCCCCCCCCCCCCCCCCC.C=C(C)C(=O)OCCCCCCCCCCCCCCCCCCCCCCCCCCC. The molecule has 8 heteroatoms. The van der Waals surface area contributed by atoms with Gasteiger partial charge in [-0.15, -0.1) is 0 Å². The number of hydrogen-bond acceptors (Lipinski definition) is 8. The molecule has 0 atom stereocenters. The highest BCUT2D eigenvalue weighted by molar-refractivity contribution is 5.88. The number of carbonyl (C=O) groups excluding carboxylic acids is 4. The summed E-state index contributed by atoms with van der Waals surface area (Å²) >= 11 is 0. The van der Waals surface area contributed by atoms with Crippen LogP contribution in [0.2, 0.25) is 0 Å². The zero-order chi connectivity index (χ0) is 92.7. The Kier molecular flexibility index (Phi) is 121. The van der Waals surface area contributed by atoms with Crippen molar-refractivity contribution in [3.05, 3.63) is 48.6 Å². The molecule has 0 saturated heterocycles. The lowest BCUT2D eigenvalue weighted by Crippen LogP contribution is -2.05. The second-order valence-electron chi connectivity index (χ2n) is 39.5. The van der Waals surface area contributed by atoms with Gasteiger partial charge >= 0.3 is 23.9 Å². The Hall–Kier alpha value is -3.16. The summed E-state index contributed by atoms with van der Waals surface area (Å²) in [5, 5.41) is 0. The van der Waals surface area contributed by atoms with E-state index in [0.717, 1.165) is 25.7 Å². The molecular weight excluding hydrogens is 1550 g/mol. The molecule has 0 rings (SSSR count). The van der Waals surface area contributed by atoms with E-state index in [1.165, 1.54) is 578 Å². The van der Waals surface area contributed by atoms with Crippen LogP contribution in [0.15, 0.2) is 48.6 Å². The van der Waals surface area contributed by atoms with Crippen LogP contribution in [0.25, 0.3) is 0 Å². The summed E-state index contributed by atoms with van der Waals surface area (Å²) in [5.74, 6) is -1.00. The van der Waals surface area contributed by atoms with E-state index in [2.05, 4.69) is 54.0 Å². The van der Waals surface area contributed by atoms with Crippen LogP contribution < -0.4 is 0 Å². The van der Waals surface area contributed by atoms with E-state index in [4.69, 9.17) is 18.9 Å². The molecule has 0 aromatic heterocycles. The third-order valence-corrected chi connectivity index (χ3v) is 25.8. The molecule has 0 heterocycles. The molecule has 0 N–H and O–H groups in total. The summed E-state index contributed by atoms with van der Waals surface area (Å²) in [6, 6.07) is 0. The van der Waals surface area contributed by atoms with Crippen LogP contribution in [0.1, 0.15) is 659 Å². The zero-order valence-corrected chi connectivity index (χ0v) is 87.4. The molecule has 0 spiro atoms. The zero-order valence-electron chi connectivity index (χ0n) is 87.4. The quantitative estimate of drug-likeness (QED) is 0.0257. The normalized spacial score (nSPS) is 11.0. The molecule has 0 aliphatic heterocycles. The Labute approximate surface area is 791 Å². The van der Waals surface area contributed by atoms with Gasteiger partial charge in [-0.3, -0.25) is 0 Å². The van der Waals surface area contributed by atoms with Gasteiger partial charge in [-0.1, -0.05) is 632 Å². The largest absolute Gasteiger partial charge is 0.462 e. The second kappa shape index (κ2) is 118. The van der Waals surface area contributed by atoms with Crippen molar-refractivity contribution in [3.8, 4) is 0 Å². The summed E-state index contributed by atoms with van der Waals surface area (Å²) in [4.78, 5) is 45.0. The molecule has 0 saturated carbocycles. The fourth-order valence-electron chi connectivity index (χ4n) is 17.1. The van der Waals surface area contributed by atoms with E-state index in [1.807, 2.05) is 0 Å². The molecule has 126 heavy (non-hydrogen) atoms. The summed E-state index contributed by atoms with van der Waals surface area (Å²) in [5.41, 5.74) is 1.98. The molecule has 0 bridgehead atoms. The van der Waals surface area contributed by atoms with Gasteiger partial charge in [0.25, 0.3) is 0 Å². The molecule has 0 amide bonds. The summed E-state index contributed by atoms with van der Waals surface area (Å²) < 4.78 is 20.5. The molecule has 8 nitrogen and oxygen atoms in total. The first-order chi connectivity index (χ1) is 61.7. The lowest BCUT2D eigenvalue weighted by atomic mass is 10.0. The summed E-state index contributed by atoms with van der Waals surface area (Å²) in [6.07, 6.45) is 131. The van der Waals surface area contributed by atoms with Gasteiger partial charge in [-0.25, -0.2) is 19.2 Å². The molecule has 0 aliphatic carbocycles. The van der Waals surface area contributed by atoms with Crippen LogP contribution in [0.5, 0.6) is 0 Å². The van der Waals surface area contributed by atoms with E-state index in [-0.39, 0.29) is 23.9 Å². The highest BCUT2D eigenvalue weighted by Gasteiger charge is 2.08. The Morgan fingerprint density at radius 3 is 0.254 bits per heavy atom. The Morgan fingerprint density at radius 1 is 0.127 bits per heavy atom. The van der Waals surface area contributed by atoms with Gasteiger partial charge in [0.1, 0.15) is 0 Å². The smallest absolute Gasteiger partial charge is 0.333 e. The van der Waals surface area contributed by atoms with Crippen molar-refractivity contribution in [1.29, 1.82) is 0 Å². The third kappa shape index (κ3) is 123. The van der Waals surface area contributed by atoms with Gasteiger partial charge in [-0.2, -0.15) is 0 Å². The second-order valence-corrected chi connectivity index (χ2v) is 39.5. The maximum absolute atomic E-state index is 11.3. The fraction of sp³-hybridized carbons (Fsp3) is 0.898. The molecule has 0 aromatic carbocycles. The minimum atomic E-state index is -0.251. The first-order valence-electron chi connectivity index (χ1n) is 57.0. The van der Waals surface area contributed by atoms with E-state index in [9.17, 15) is 19.2 Å². The van der Waals surface area contributed by atoms with Crippen molar-refractivity contribution in [2.24, 2.45) is 0 Å². The third-order valence-electron chi connectivity index (χ3n) is 25.8. The number of carbonyl (C=O) groups is 4. The van der Waals surface area contributed by atoms with Crippen molar-refractivity contribution >= 4 is 23.9 Å². The van der Waals surface area contributed by atoms with E-state index in [1.54, 1.807) is 27.7 Å². The molecular formula is C118H228O8. The lowest BCUT2D eigenvalue weighted by Gasteiger charge is -2.05. The van der Waals surface area contributed by atoms with Gasteiger partial charge in [0.05, 0.1) is 26.4 Å². The molecule has 748 valence electrons. The average Bonchev–Trinajstić information content (AvgIpc) is 1.03.